The van der Waals surface area contributed by atoms with Gasteiger partial charge in [0.15, 0.2) is 0 Å². The van der Waals surface area contributed by atoms with Crippen molar-refractivity contribution >= 4 is 18.6 Å². The average molecular weight is 324 g/mol. The first-order chi connectivity index (χ1) is 10.0. The van der Waals surface area contributed by atoms with Crippen LogP contribution in [0.25, 0.3) is 0 Å². The van der Waals surface area contributed by atoms with E-state index < -0.39 is 35.9 Å². The lowest BCUT2D eigenvalue weighted by Gasteiger charge is -2.29. The van der Waals surface area contributed by atoms with Gasteiger partial charge in [-0.15, -0.1) is 0 Å². The number of hydrogen-bond donors (Lipinski definition) is 2. The fourth-order valence-electron chi connectivity index (χ4n) is 2.06. The molecule has 0 bridgehead atoms. The van der Waals surface area contributed by atoms with E-state index in [1.807, 2.05) is 0 Å². The molecule has 0 saturated heterocycles. The molecule has 128 valence electrons. The highest BCUT2D eigenvalue weighted by molar-refractivity contribution is 5.84. The maximum absolute atomic E-state index is 12.3. The normalized spacial score (nSPS) is 14.8. The molecule has 0 fully saturated rings. The number of halogens is 3. The van der Waals surface area contributed by atoms with Crippen LogP contribution in [0.1, 0.15) is 40.0 Å². The van der Waals surface area contributed by atoms with Crippen molar-refractivity contribution in [3.05, 3.63) is 0 Å². The molecule has 2 amide bonds. The zero-order valence-electron chi connectivity index (χ0n) is 13.0. The molecule has 0 aromatic rings. The molecule has 2 atom stereocenters. The SMILES string of the molecule is CC(C)(C)[C@H](NC=O)C(=O)NCCC(CC=O)CC(F)(F)F. The smallest absolute Gasteiger partial charge is 0.354 e. The van der Waals surface area contributed by atoms with Crippen molar-refractivity contribution < 1.29 is 27.6 Å². The molecule has 0 rings (SSSR count). The van der Waals surface area contributed by atoms with Gasteiger partial charge in [0.05, 0.1) is 0 Å². The summed E-state index contributed by atoms with van der Waals surface area (Å²) in [7, 11) is 0. The second-order valence-electron chi connectivity index (χ2n) is 6.25. The Labute approximate surface area is 128 Å². The van der Waals surface area contributed by atoms with Gasteiger partial charge in [-0.1, -0.05) is 20.8 Å². The minimum Gasteiger partial charge on any atom is -0.354 e. The van der Waals surface area contributed by atoms with E-state index in [4.69, 9.17) is 0 Å². The lowest BCUT2D eigenvalue weighted by molar-refractivity contribution is -0.145. The van der Waals surface area contributed by atoms with E-state index in [1.165, 1.54) is 0 Å². The van der Waals surface area contributed by atoms with Crippen LogP contribution in [0.3, 0.4) is 0 Å². The van der Waals surface area contributed by atoms with Crippen molar-refractivity contribution in [2.45, 2.75) is 52.3 Å². The van der Waals surface area contributed by atoms with Gasteiger partial charge in [-0.2, -0.15) is 13.2 Å². The second-order valence-corrected chi connectivity index (χ2v) is 6.25. The minimum absolute atomic E-state index is 0.0144. The quantitative estimate of drug-likeness (QED) is 0.635. The van der Waals surface area contributed by atoms with Crippen LogP contribution in [0.5, 0.6) is 0 Å². The van der Waals surface area contributed by atoms with Crippen molar-refractivity contribution in [3.8, 4) is 0 Å². The van der Waals surface area contributed by atoms with Gasteiger partial charge in [0.1, 0.15) is 12.3 Å². The number of carbonyl (C=O) groups is 3. The Hall–Kier alpha value is -1.60. The monoisotopic (exact) mass is 324 g/mol. The van der Waals surface area contributed by atoms with Crippen LogP contribution in [0, 0.1) is 11.3 Å². The zero-order chi connectivity index (χ0) is 17.4. The molecule has 8 heteroatoms. The summed E-state index contributed by atoms with van der Waals surface area (Å²) in [5, 5.41) is 4.90. The van der Waals surface area contributed by atoms with Crippen LogP contribution < -0.4 is 10.6 Å². The van der Waals surface area contributed by atoms with E-state index in [0.717, 1.165) is 0 Å². The summed E-state index contributed by atoms with van der Waals surface area (Å²) in [5.74, 6) is -1.32. The molecule has 0 radical (unpaired) electrons. The maximum atomic E-state index is 12.3. The highest BCUT2D eigenvalue weighted by Gasteiger charge is 2.33. The standard InChI is InChI=1S/C14H23F3N2O3/c1-13(2,3)11(19-9-21)12(22)18-6-4-10(5-7-20)8-14(15,16)17/h7,9-11H,4-6,8H2,1-3H3,(H,18,22)(H,19,21)/t10?,11-/m1/s1. The Kier molecular flexibility index (Phi) is 8.11. The predicted molar refractivity (Wildman–Crippen MR) is 74.9 cm³/mol. The van der Waals surface area contributed by atoms with Crippen LogP contribution >= 0.6 is 0 Å². The third-order valence-corrected chi connectivity index (χ3v) is 3.16. The molecule has 0 aliphatic rings. The Morgan fingerprint density at radius 2 is 1.77 bits per heavy atom. The third-order valence-electron chi connectivity index (χ3n) is 3.16. The van der Waals surface area contributed by atoms with Gasteiger partial charge in [0, 0.05) is 19.4 Å². The lowest BCUT2D eigenvalue weighted by atomic mass is 9.86. The Morgan fingerprint density at radius 3 is 2.18 bits per heavy atom. The zero-order valence-corrected chi connectivity index (χ0v) is 13.0. The van der Waals surface area contributed by atoms with Gasteiger partial charge in [0.25, 0.3) is 0 Å². The number of alkyl halides is 3. The van der Waals surface area contributed by atoms with E-state index in [9.17, 15) is 27.6 Å². The summed E-state index contributed by atoms with van der Waals surface area (Å²) in [4.78, 5) is 32.9. The summed E-state index contributed by atoms with van der Waals surface area (Å²) >= 11 is 0. The molecule has 5 nitrogen and oxygen atoms in total. The van der Waals surface area contributed by atoms with Crippen molar-refractivity contribution in [3.63, 3.8) is 0 Å². The molecular weight excluding hydrogens is 301 g/mol. The van der Waals surface area contributed by atoms with Crippen molar-refractivity contribution in [2.75, 3.05) is 6.54 Å². The molecule has 0 heterocycles. The molecule has 1 unspecified atom stereocenters. The summed E-state index contributed by atoms with van der Waals surface area (Å²) in [6, 6.07) is -0.780. The molecule has 0 spiro atoms. The van der Waals surface area contributed by atoms with Gasteiger partial charge in [0.2, 0.25) is 12.3 Å². The predicted octanol–water partition coefficient (Wildman–Crippen LogP) is 1.81. The van der Waals surface area contributed by atoms with Gasteiger partial charge >= 0.3 is 6.18 Å². The summed E-state index contributed by atoms with van der Waals surface area (Å²) < 4.78 is 37.0. The number of carbonyl (C=O) groups excluding carboxylic acids is 3. The largest absolute Gasteiger partial charge is 0.389 e. The number of aldehydes is 1. The fourth-order valence-corrected chi connectivity index (χ4v) is 2.06. The molecular formula is C14H23F3N2O3. The van der Waals surface area contributed by atoms with Gasteiger partial charge in [-0.25, -0.2) is 0 Å². The Morgan fingerprint density at radius 1 is 1.18 bits per heavy atom. The Bertz CT molecular complexity index is 379. The Balaban J connectivity index is 4.48. The lowest BCUT2D eigenvalue weighted by Crippen LogP contribution is -2.51. The second kappa shape index (κ2) is 8.75. The number of nitrogens with one attached hydrogen (secondary N) is 2. The number of amides is 2. The van der Waals surface area contributed by atoms with Crippen LogP contribution in [0.15, 0.2) is 0 Å². The van der Waals surface area contributed by atoms with E-state index in [2.05, 4.69) is 10.6 Å². The fraction of sp³-hybridized carbons (Fsp3) is 0.786. The van der Waals surface area contributed by atoms with E-state index in [-0.39, 0.29) is 19.4 Å². The summed E-state index contributed by atoms with van der Waals surface area (Å²) in [6.07, 6.45) is -4.70. The van der Waals surface area contributed by atoms with Gasteiger partial charge in [-0.05, 0) is 17.8 Å². The van der Waals surface area contributed by atoms with Crippen LogP contribution in [0.4, 0.5) is 13.2 Å². The first-order valence-corrected chi connectivity index (χ1v) is 6.99. The number of hydrogen-bond acceptors (Lipinski definition) is 3. The number of rotatable bonds is 9. The molecule has 22 heavy (non-hydrogen) atoms. The first-order valence-electron chi connectivity index (χ1n) is 6.99. The van der Waals surface area contributed by atoms with Gasteiger partial charge < -0.3 is 15.4 Å². The molecule has 0 aromatic heterocycles. The van der Waals surface area contributed by atoms with Crippen molar-refractivity contribution in [1.29, 1.82) is 0 Å². The average Bonchev–Trinajstić information content (AvgIpc) is 2.32. The molecule has 0 aliphatic carbocycles. The van der Waals surface area contributed by atoms with E-state index in [0.29, 0.717) is 12.7 Å². The molecule has 0 aliphatic heterocycles. The third kappa shape index (κ3) is 8.63. The molecule has 2 N–H and O–H groups in total. The van der Waals surface area contributed by atoms with Crippen LogP contribution in [0.2, 0.25) is 0 Å². The summed E-state index contributed by atoms with van der Waals surface area (Å²) in [5.41, 5.74) is -0.529. The van der Waals surface area contributed by atoms with Crippen LogP contribution in [-0.4, -0.2) is 37.4 Å². The summed E-state index contributed by atoms with van der Waals surface area (Å²) in [6.45, 7) is 5.28. The minimum atomic E-state index is -4.34. The molecule has 0 saturated carbocycles. The van der Waals surface area contributed by atoms with Crippen molar-refractivity contribution in [2.24, 2.45) is 11.3 Å². The van der Waals surface area contributed by atoms with E-state index in [1.54, 1.807) is 20.8 Å². The highest BCUT2D eigenvalue weighted by atomic mass is 19.4. The highest BCUT2D eigenvalue weighted by Crippen LogP contribution is 2.27. The molecule has 0 aromatic carbocycles. The first kappa shape index (κ1) is 20.4. The maximum Gasteiger partial charge on any atom is 0.389 e. The van der Waals surface area contributed by atoms with E-state index >= 15 is 0 Å². The van der Waals surface area contributed by atoms with Crippen molar-refractivity contribution in [1.82, 2.24) is 10.6 Å². The topological polar surface area (TPSA) is 75.3 Å². The van der Waals surface area contributed by atoms with Gasteiger partial charge in [-0.3, -0.25) is 9.59 Å². The van der Waals surface area contributed by atoms with Crippen LogP contribution in [-0.2, 0) is 14.4 Å².